The fourth-order valence-electron chi connectivity index (χ4n) is 3.32. The molecule has 0 rings (SSSR count). The van der Waals surface area contributed by atoms with Crippen molar-refractivity contribution in [2.75, 3.05) is 13.2 Å². The number of aliphatic carboxylic acids is 1. The Morgan fingerprint density at radius 3 is 2.34 bits per heavy atom. The summed E-state index contributed by atoms with van der Waals surface area (Å²) in [7, 11) is 0. The number of carboxylic acid groups (broad SMARTS) is 1. The van der Waals surface area contributed by atoms with Crippen molar-refractivity contribution in [3.63, 3.8) is 0 Å². The molecular formula is C23H43NO5. The second kappa shape index (κ2) is 18.8. The lowest BCUT2D eigenvalue weighted by atomic mass is 9.98. The van der Waals surface area contributed by atoms with Crippen LogP contribution < -0.4 is 5.32 Å². The van der Waals surface area contributed by atoms with Crippen LogP contribution in [-0.4, -0.2) is 57.8 Å². The van der Waals surface area contributed by atoms with Gasteiger partial charge >= 0.3 is 5.97 Å². The van der Waals surface area contributed by atoms with E-state index < -0.39 is 18.2 Å². The largest absolute Gasteiger partial charge is 0.481 e. The standard InChI is InChI=1S/C23H43NO5/c1-3-5-6-13-21(26)14-9-11-19(17-22(27)18-25)10-7-8-12-20(24-4-2)15-16-23(28)29/h9,11,14,20-22,24-27H,3-8,10,12-13,15-18H2,1-2H3,(H,28,29)/b14-9+,19-11-/t20-,21+,22+/m1/s1. The van der Waals surface area contributed by atoms with Crippen LogP contribution in [0, 0.1) is 0 Å². The van der Waals surface area contributed by atoms with Gasteiger partial charge in [0, 0.05) is 12.5 Å². The molecule has 0 bridgehead atoms. The Bertz CT molecular complexity index is 464. The predicted octanol–water partition coefficient (Wildman–Crippen LogP) is 3.56. The monoisotopic (exact) mass is 413 g/mol. The van der Waals surface area contributed by atoms with Crippen LogP contribution in [-0.2, 0) is 4.79 Å². The molecule has 170 valence electrons. The van der Waals surface area contributed by atoms with Crippen LogP contribution in [0.4, 0.5) is 0 Å². The van der Waals surface area contributed by atoms with E-state index in [2.05, 4.69) is 12.2 Å². The summed E-state index contributed by atoms with van der Waals surface area (Å²) in [6, 6.07) is 0.213. The molecule has 6 heteroatoms. The summed E-state index contributed by atoms with van der Waals surface area (Å²) in [6.45, 7) is 4.71. The first-order valence-corrected chi connectivity index (χ1v) is 11.2. The minimum atomic E-state index is -0.769. The number of unbranched alkanes of at least 4 members (excludes halogenated alkanes) is 3. The molecule has 0 aliphatic rings. The maximum absolute atomic E-state index is 10.8. The normalized spacial score (nSPS) is 15.6. The highest BCUT2D eigenvalue weighted by Crippen LogP contribution is 2.17. The summed E-state index contributed by atoms with van der Waals surface area (Å²) in [5, 5.41) is 41.1. The Balaban J connectivity index is 4.51. The van der Waals surface area contributed by atoms with Crippen molar-refractivity contribution in [2.24, 2.45) is 0 Å². The molecular weight excluding hydrogens is 370 g/mol. The Labute approximate surface area is 176 Å². The number of hydrogen-bond donors (Lipinski definition) is 5. The maximum atomic E-state index is 10.8. The average Bonchev–Trinajstić information content (AvgIpc) is 2.68. The second-order valence-corrected chi connectivity index (χ2v) is 7.75. The number of allylic oxidation sites excluding steroid dienone is 2. The first-order chi connectivity index (χ1) is 13.9. The summed E-state index contributed by atoms with van der Waals surface area (Å²) >= 11 is 0. The number of aliphatic hydroxyl groups excluding tert-OH is 3. The predicted molar refractivity (Wildman–Crippen MR) is 118 cm³/mol. The summed E-state index contributed by atoms with van der Waals surface area (Å²) in [4.78, 5) is 10.8. The van der Waals surface area contributed by atoms with Gasteiger partial charge in [0.2, 0.25) is 0 Å². The zero-order valence-corrected chi connectivity index (χ0v) is 18.4. The third kappa shape index (κ3) is 17.4. The first-order valence-electron chi connectivity index (χ1n) is 11.2. The molecule has 0 aromatic carbocycles. The van der Waals surface area contributed by atoms with Gasteiger partial charge in [0.1, 0.15) is 0 Å². The molecule has 0 radical (unpaired) electrons. The van der Waals surface area contributed by atoms with Crippen molar-refractivity contribution in [1.29, 1.82) is 0 Å². The van der Waals surface area contributed by atoms with E-state index in [0.717, 1.165) is 63.5 Å². The van der Waals surface area contributed by atoms with Gasteiger partial charge in [0.05, 0.1) is 18.8 Å². The molecule has 0 amide bonds. The lowest BCUT2D eigenvalue weighted by Crippen LogP contribution is -2.29. The quantitative estimate of drug-likeness (QED) is 0.164. The second-order valence-electron chi connectivity index (χ2n) is 7.75. The van der Waals surface area contributed by atoms with Crippen LogP contribution in [0.2, 0.25) is 0 Å². The van der Waals surface area contributed by atoms with Crippen LogP contribution in [0.25, 0.3) is 0 Å². The molecule has 0 aliphatic heterocycles. The fourth-order valence-corrected chi connectivity index (χ4v) is 3.32. The summed E-state index contributed by atoms with van der Waals surface area (Å²) < 4.78 is 0. The smallest absolute Gasteiger partial charge is 0.303 e. The highest BCUT2D eigenvalue weighted by Gasteiger charge is 2.11. The van der Waals surface area contributed by atoms with Gasteiger partial charge in [-0.15, -0.1) is 0 Å². The minimum absolute atomic E-state index is 0.177. The van der Waals surface area contributed by atoms with E-state index in [0.29, 0.717) is 12.8 Å². The first kappa shape index (κ1) is 27.8. The molecule has 0 aliphatic carbocycles. The van der Waals surface area contributed by atoms with E-state index >= 15 is 0 Å². The third-order valence-corrected chi connectivity index (χ3v) is 4.98. The molecule has 0 spiro atoms. The number of hydrogen-bond acceptors (Lipinski definition) is 5. The zero-order valence-electron chi connectivity index (χ0n) is 18.4. The third-order valence-electron chi connectivity index (χ3n) is 4.98. The van der Waals surface area contributed by atoms with Crippen LogP contribution in [0.5, 0.6) is 0 Å². The molecule has 0 fully saturated rings. The Morgan fingerprint density at radius 1 is 1.00 bits per heavy atom. The van der Waals surface area contributed by atoms with Crippen LogP contribution in [0.3, 0.4) is 0 Å². The van der Waals surface area contributed by atoms with Crippen molar-refractivity contribution in [1.82, 2.24) is 5.32 Å². The van der Waals surface area contributed by atoms with E-state index in [-0.39, 0.29) is 19.1 Å². The fraction of sp³-hybridized carbons (Fsp3) is 0.783. The summed E-state index contributed by atoms with van der Waals surface area (Å²) in [6.07, 6.45) is 13.2. The van der Waals surface area contributed by atoms with Crippen LogP contribution in [0.15, 0.2) is 23.8 Å². The summed E-state index contributed by atoms with van der Waals surface area (Å²) in [5.74, 6) is -0.764. The molecule has 3 atom stereocenters. The van der Waals surface area contributed by atoms with Gasteiger partial charge in [-0.05, 0) is 45.1 Å². The van der Waals surface area contributed by atoms with Gasteiger partial charge < -0.3 is 25.7 Å². The van der Waals surface area contributed by atoms with E-state index in [4.69, 9.17) is 10.2 Å². The Hall–Kier alpha value is -1.21. The molecule has 29 heavy (non-hydrogen) atoms. The summed E-state index contributed by atoms with van der Waals surface area (Å²) in [5.41, 5.74) is 1.05. The minimum Gasteiger partial charge on any atom is -0.481 e. The molecule has 0 unspecified atom stereocenters. The van der Waals surface area contributed by atoms with Crippen molar-refractivity contribution in [3.05, 3.63) is 23.8 Å². The van der Waals surface area contributed by atoms with Gasteiger partial charge in [0.15, 0.2) is 0 Å². The molecule has 0 aromatic heterocycles. The number of nitrogens with one attached hydrogen (secondary N) is 1. The van der Waals surface area contributed by atoms with Crippen LogP contribution >= 0.6 is 0 Å². The van der Waals surface area contributed by atoms with Gasteiger partial charge in [-0.2, -0.15) is 0 Å². The average molecular weight is 414 g/mol. The zero-order chi connectivity index (χ0) is 21.9. The molecule has 0 heterocycles. The number of carbonyl (C=O) groups is 1. The Kier molecular flexibility index (Phi) is 18.0. The topological polar surface area (TPSA) is 110 Å². The van der Waals surface area contributed by atoms with Gasteiger partial charge in [-0.1, -0.05) is 63.3 Å². The lowest BCUT2D eigenvalue weighted by Gasteiger charge is -2.17. The van der Waals surface area contributed by atoms with Crippen molar-refractivity contribution in [2.45, 2.75) is 103 Å². The van der Waals surface area contributed by atoms with E-state index in [1.54, 1.807) is 6.08 Å². The molecule has 0 saturated carbocycles. The van der Waals surface area contributed by atoms with Crippen molar-refractivity contribution in [3.8, 4) is 0 Å². The van der Waals surface area contributed by atoms with E-state index in [9.17, 15) is 15.0 Å². The number of aliphatic hydroxyl groups is 3. The van der Waals surface area contributed by atoms with E-state index in [1.807, 2.05) is 19.1 Å². The van der Waals surface area contributed by atoms with Crippen molar-refractivity contribution >= 4 is 5.97 Å². The van der Waals surface area contributed by atoms with Crippen LogP contribution in [0.1, 0.15) is 84.5 Å². The number of carboxylic acids is 1. The van der Waals surface area contributed by atoms with E-state index in [1.165, 1.54) is 0 Å². The highest BCUT2D eigenvalue weighted by molar-refractivity contribution is 5.66. The highest BCUT2D eigenvalue weighted by atomic mass is 16.4. The van der Waals surface area contributed by atoms with Gasteiger partial charge in [-0.3, -0.25) is 4.79 Å². The molecule has 0 saturated heterocycles. The molecule has 0 aromatic rings. The van der Waals surface area contributed by atoms with Crippen molar-refractivity contribution < 1.29 is 25.2 Å². The molecule has 6 nitrogen and oxygen atoms in total. The molecule has 5 N–H and O–H groups in total. The lowest BCUT2D eigenvalue weighted by molar-refractivity contribution is -0.137. The number of rotatable bonds is 19. The van der Waals surface area contributed by atoms with Gasteiger partial charge in [0.25, 0.3) is 0 Å². The van der Waals surface area contributed by atoms with Gasteiger partial charge in [-0.25, -0.2) is 0 Å². The SMILES string of the molecule is CCCCC[C@H](O)/C=C/C=C(/CCCC[C@H](CCC(=O)O)NCC)C[C@H](O)CO. The maximum Gasteiger partial charge on any atom is 0.303 e. The Morgan fingerprint density at radius 2 is 1.72 bits per heavy atom.